The standard InChI is InChI=1S/C17H27N3O3S/c1-7-14-10-8-9-11-15(14)20(24(6,22)23)12-16(21)19-18-13(2)17(3,4)5/h8-11H,7,12H2,1-6H3,(H,19,21)/b18-13-. The van der Waals surface area contributed by atoms with Crippen LogP contribution >= 0.6 is 0 Å². The second-order valence-corrected chi connectivity index (χ2v) is 8.64. The van der Waals surface area contributed by atoms with Crippen LogP contribution < -0.4 is 9.73 Å². The number of hydrogen-bond donors (Lipinski definition) is 1. The molecular weight excluding hydrogens is 326 g/mol. The molecule has 6 nitrogen and oxygen atoms in total. The van der Waals surface area contributed by atoms with Gasteiger partial charge in [-0.3, -0.25) is 9.10 Å². The number of nitrogens with one attached hydrogen (secondary N) is 1. The third-order valence-corrected chi connectivity index (χ3v) is 4.89. The van der Waals surface area contributed by atoms with Crippen molar-refractivity contribution in [2.24, 2.45) is 10.5 Å². The molecule has 7 heteroatoms. The van der Waals surface area contributed by atoms with E-state index >= 15 is 0 Å². The molecule has 0 radical (unpaired) electrons. The molecule has 0 bridgehead atoms. The number of rotatable bonds is 6. The fraction of sp³-hybridized carbons (Fsp3) is 0.529. The van der Waals surface area contributed by atoms with Crippen molar-refractivity contribution in [3.05, 3.63) is 29.8 Å². The van der Waals surface area contributed by atoms with E-state index in [1.807, 2.05) is 46.8 Å². The van der Waals surface area contributed by atoms with Gasteiger partial charge in [0.05, 0.1) is 11.9 Å². The highest BCUT2D eigenvalue weighted by Crippen LogP contribution is 2.23. The summed E-state index contributed by atoms with van der Waals surface area (Å²) in [4.78, 5) is 12.2. The number of amides is 1. The van der Waals surface area contributed by atoms with Crippen molar-refractivity contribution < 1.29 is 13.2 Å². The lowest BCUT2D eigenvalue weighted by Crippen LogP contribution is -2.40. The zero-order chi connectivity index (χ0) is 18.5. The van der Waals surface area contributed by atoms with E-state index in [4.69, 9.17) is 0 Å². The van der Waals surface area contributed by atoms with Gasteiger partial charge in [-0.1, -0.05) is 45.9 Å². The van der Waals surface area contributed by atoms with Crippen LogP contribution in [-0.2, 0) is 21.2 Å². The molecule has 0 saturated carbocycles. The van der Waals surface area contributed by atoms with Gasteiger partial charge in [0.1, 0.15) is 6.54 Å². The average molecular weight is 353 g/mol. The van der Waals surface area contributed by atoms with E-state index < -0.39 is 15.9 Å². The lowest BCUT2D eigenvalue weighted by Gasteiger charge is -2.24. The molecule has 0 aliphatic heterocycles. The molecule has 0 fully saturated rings. The third kappa shape index (κ3) is 5.63. The summed E-state index contributed by atoms with van der Waals surface area (Å²) in [6.07, 6.45) is 1.77. The number of hydrazone groups is 1. The lowest BCUT2D eigenvalue weighted by molar-refractivity contribution is -0.119. The summed E-state index contributed by atoms with van der Waals surface area (Å²) in [7, 11) is -3.59. The Hall–Kier alpha value is -1.89. The van der Waals surface area contributed by atoms with Crippen LogP contribution in [0.4, 0.5) is 5.69 Å². The van der Waals surface area contributed by atoms with E-state index in [-0.39, 0.29) is 12.0 Å². The normalized spacial score (nSPS) is 12.8. The van der Waals surface area contributed by atoms with Gasteiger partial charge < -0.3 is 0 Å². The molecule has 0 unspecified atom stereocenters. The average Bonchev–Trinajstić information content (AvgIpc) is 2.48. The van der Waals surface area contributed by atoms with Gasteiger partial charge in [0.2, 0.25) is 10.0 Å². The van der Waals surface area contributed by atoms with Crippen LogP contribution in [0.5, 0.6) is 0 Å². The van der Waals surface area contributed by atoms with E-state index in [9.17, 15) is 13.2 Å². The number of anilines is 1. The van der Waals surface area contributed by atoms with Crippen molar-refractivity contribution in [3.63, 3.8) is 0 Å². The van der Waals surface area contributed by atoms with Gasteiger partial charge in [0.15, 0.2) is 0 Å². The molecule has 1 N–H and O–H groups in total. The second kappa shape index (κ2) is 7.79. The summed E-state index contributed by atoms with van der Waals surface area (Å²) in [5.74, 6) is -0.477. The smallest absolute Gasteiger partial charge is 0.260 e. The van der Waals surface area contributed by atoms with Crippen molar-refractivity contribution in [1.29, 1.82) is 0 Å². The Kier molecular flexibility index (Phi) is 6.54. The summed E-state index contributed by atoms with van der Waals surface area (Å²) in [5, 5.41) is 4.06. The minimum Gasteiger partial charge on any atom is -0.271 e. The van der Waals surface area contributed by atoms with Gasteiger partial charge >= 0.3 is 0 Å². The predicted molar refractivity (Wildman–Crippen MR) is 98.7 cm³/mol. The highest BCUT2D eigenvalue weighted by atomic mass is 32.2. The Morgan fingerprint density at radius 1 is 1.25 bits per heavy atom. The number of carbonyl (C=O) groups excluding carboxylic acids is 1. The molecule has 134 valence electrons. The lowest BCUT2D eigenvalue weighted by atomic mass is 9.91. The SMILES string of the molecule is CCc1ccccc1N(CC(=O)N/N=C(/C)C(C)(C)C)S(C)(=O)=O. The molecule has 0 aromatic heterocycles. The van der Waals surface area contributed by atoms with E-state index in [1.54, 1.807) is 12.1 Å². The van der Waals surface area contributed by atoms with Crippen molar-refractivity contribution in [1.82, 2.24) is 5.43 Å². The van der Waals surface area contributed by atoms with Crippen molar-refractivity contribution >= 4 is 27.3 Å². The van der Waals surface area contributed by atoms with Crippen LogP contribution in [0.2, 0.25) is 0 Å². The Bertz CT molecular complexity index is 719. The summed E-state index contributed by atoms with van der Waals surface area (Å²) < 4.78 is 25.4. The number of sulfonamides is 1. The van der Waals surface area contributed by atoms with Gasteiger partial charge in [0, 0.05) is 11.1 Å². The summed E-state index contributed by atoms with van der Waals surface area (Å²) in [5.41, 5.74) is 4.42. The largest absolute Gasteiger partial charge is 0.271 e. The molecular formula is C17H27N3O3S. The first kappa shape index (κ1) is 20.2. The maximum Gasteiger partial charge on any atom is 0.260 e. The van der Waals surface area contributed by atoms with Crippen LogP contribution in [0.25, 0.3) is 0 Å². The highest BCUT2D eigenvalue weighted by Gasteiger charge is 2.23. The third-order valence-electron chi connectivity index (χ3n) is 3.76. The van der Waals surface area contributed by atoms with Gasteiger partial charge in [-0.05, 0) is 25.0 Å². The molecule has 1 amide bonds. The number of aryl methyl sites for hydroxylation is 1. The first-order valence-electron chi connectivity index (χ1n) is 7.86. The van der Waals surface area contributed by atoms with Crippen LogP contribution in [0.3, 0.4) is 0 Å². The second-order valence-electron chi connectivity index (χ2n) is 6.73. The van der Waals surface area contributed by atoms with E-state index in [1.165, 1.54) is 0 Å². The van der Waals surface area contributed by atoms with Gasteiger partial charge in [0.25, 0.3) is 5.91 Å². The molecule has 0 atom stereocenters. The monoisotopic (exact) mass is 353 g/mol. The summed E-state index contributed by atoms with van der Waals surface area (Å²) in [6, 6.07) is 7.16. The molecule has 1 rings (SSSR count). The molecule has 1 aromatic carbocycles. The number of nitrogens with zero attached hydrogens (tertiary/aromatic N) is 2. The molecule has 24 heavy (non-hydrogen) atoms. The quantitative estimate of drug-likeness (QED) is 0.630. The molecule has 0 aliphatic carbocycles. The van der Waals surface area contributed by atoms with Gasteiger partial charge in [-0.25, -0.2) is 13.8 Å². The predicted octanol–water partition coefficient (Wildman–Crippen LogP) is 2.55. The Morgan fingerprint density at radius 2 is 1.83 bits per heavy atom. The van der Waals surface area contributed by atoms with Crippen molar-refractivity contribution in [2.45, 2.75) is 41.0 Å². The van der Waals surface area contributed by atoms with Crippen LogP contribution in [-0.4, -0.2) is 32.8 Å². The maximum absolute atomic E-state index is 12.2. The topological polar surface area (TPSA) is 78.8 Å². The Labute approximate surface area is 145 Å². The van der Waals surface area contributed by atoms with Gasteiger partial charge in [-0.2, -0.15) is 5.10 Å². The first-order valence-corrected chi connectivity index (χ1v) is 9.71. The first-order chi connectivity index (χ1) is 11.0. The molecule has 0 saturated heterocycles. The van der Waals surface area contributed by atoms with Gasteiger partial charge in [-0.15, -0.1) is 0 Å². The minimum atomic E-state index is -3.59. The summed E-state index contributed by atoms with van der Waals surface area (Å²) >= 11 is 0. The number of para-hydroxylation sites is 1. The zero-order valence-corrected chi connectivity index (χ0v) is 16.1. The maximum atomic E-state index is 12.2. The van der Waals surface area contributed by atoms with Crippen LogP contribution in [0.1, 0.15) is 40.2 Å². The van der Waals surface area contributed by atoms with Crippen molar-refractivity contribution in [3.8, 4) is 0 Å². The van der Waals surface area contributed by atoms with E-state index in [2.05, 4.69) is 10.5 Å². The highest BCUT2D eigenvalue weighted by molar-refractivity contribution is 7.92. The zero-order valence-electron chi connectivity index (χ0n) is 15.3. The fourth-order valence-corrected chi connectivity index (χ4v) is 2.80. The minimum absolute atomic E-state index is 0.168. The Morgan fingerprint density at radius 3 is 2.33 bits per heavy atom. The van der Waals surface area contributed by atoms with E-state index in [0.29, 0.717) is 12.1 Å². The number of hydrogen-bond acceptors (Lipinski definition) is 4. The molecule has 0 heterocycles. The fourth-order valence-electron chi connectivity index (χ4n) is 1.91. The molecule has 0 aliphatic rings. The van der Waals surface area contributed by atoms with Crippen LogP contribution in [0, 0.1) is 5.41 Å². The number of carbonyl (C=O) groups is 1. The molecule has 0 spiro atoms. The van der Waals surface area contributed by atoms with E-state index in [0.717, 1.165) is 21.8 Å². The summed E-state index contributed by atoms with van der Waals surface area (Å²) in [6.45, 7) is 9.41. The molecule has 1 aromatic rings. The Balaban J connectivity index is 3.03. The van der Waals surface area contributed by atoms with Crippen molar-refractivity contribution in [2.75, 3.05) is 17.1 Å². The number of benzene rings is 1. The van der Waals surface area contributed by atoms with Crippen LogP contribution in [0.15, 0.2) is 29.4 Å².